The van der Waals surface area contributed by atoms with E-state index in [9.17, 15) is 4.79 Å². The van der Waals surface area contributed by atoms with Crippen molar-refractivity contribution < 1.29 is 4.79 Å². The third kappa shape index (κ3) is 2.37. The summed E-state index contributed by atoms with van der Waals surface area (Å²) in [6, 6.07) is 8.27. The maximum Gasteiger partial charge on any atom is 0.223 e. The van der Waals surface area contributed by atoms with E-state index >= 15 is 0 Å². The second kappa shape index (κ2) is 5.08. The number of nitrogens with zero attached hydrogens (tertiary/aromatic N) is 1. The number of aromatic nitrogens is 1. The van der Waals surface area contributed by atoms with Gasteiger partial charge in [0.05, 0.1) is 0 Å². The van der Waals surface area contributed by atoms with Gasteiger partial charge >= 0.3 is 0 Å². The Bertz CT molecular complexity index is 587. The lowest BCUT2D eigenvalue weighted by Crippen LogP contribution is -2.24. The molecular formula is C16H20N2O. The van der Waals surface area contributed by atoms with E-state index in [1.54, 1.807) is 0 Å². The zero-order valence-corrected chi connectivity index (χ0v) is 11.4. The minimum Gasteiger partial charge on any atom is -0.361 e. The Kier molecular flexibility index (Phi) is 3.28. The van der Waals surface area contributed by atoms with Crippen molar-refractivity contribution in [3.63, 3.8) is 0 Å². The molecule has 0 radical (unpaired) electrons. The molecule has 0 aliphatic carbocycles. The van der Waals surface area contributed by atoms with Crippen molar-refractivity contribution in [1.82, 2.24) is 9.88 Å². The van der Waals surface area contributed by atoms with Crippen LogP contribution in [0.3, 0.4) is 0 Å². The van der Waals surface area contributed by atoms with E-state index in [0.717, 1.165) is 31.4 Å². The van der Waals surface area contributed by atoms with Crippen molar-refractivity contribution in [2.45, 2.75) is 32.7 Å². The van der Waals surface area contributed by atoms with E-state index in [2.05, 4.69) is 24.0 Å². The van der Waals surface area contributed by atoms with Crippen LogP contribution in [0.2, 0.25) is 0 Å². The van der Waals surface area contributed by atoms with Crippen LogP contribution >= 0.6 is 0 Å². The van der Waals surface area contributed by atoms with E-state index < -0.39 is 0 Å². The third-order valence-electron chi connectivity index (χ3n) is 4.03. The molecular weight excluding hydrogens is 236 g/mol. The highest BCUT2D eigenvalue weighted by atomic mass is 16.2. The number of nitrogens with one attached hydrogen (secondary N) is 1. The van der Waals surface area contributed by atoms with Gasteiger partial charge in [0.2, 0.25) is 5.91 Å². The molecule has 1 amide bonds. The average molecular weight is 256 g/mol. The largest absolute Gasteiger partial charge is 0.361 e. The fourth-order valence-electron chi connectivity index (χ4n) is 3.08. The first-order chi connectivity index (χ1) is 9.28. The van der Waals surface area contributed by atoms with Crippen LogP contribution in [0.5, 0.6) is 0 Å². The number of benzene rings is 1. The molecule has 1 atom stereocenters. The molecule has 19 heavy (non-hydrogen) atoms. The molecule has 100 valence electrons. The van der Waals surface area contributed by atoms with Crippen molar-refractivity contribution >= 4 is 16.8 Å². The van der Waals surface area contributed by atoms with Crippen molar-refractivity contribution in [3.8, 4) is 0 Å². The molecule has 1 unspecified atom stereocenters. The van der Waals surface area contributed by atoms with Crippen LogP contribution in [0.15, 0.2) is 30.5 Å². The van der Waals surface area contributed by atoms with E-state index in [1.807, 2.05) is 23.2 Å². The minimum absolute atomic E-state index is 0.309. The summed E-state index contributed by atoms with van der Waals surface area (Å²) in [6.45, 7) is 3.85. The number of carbonyl (C=O) groups excluding carboxylic acids is 1. The zero-order chi connectivity index (χ0) is 13.2. The van der Waals surface area contributed by atoms with Gasteiger partial charge in [-0.1, -0.05) is 31.5 Å². The molecule has 0 bridgehead atoms. The highest BCUT2D eigenvalue weighted by Crippen LogP contribution is 2.26. The Labute approximate surface area is 113 Å². The van der Waals surface area contributed by atoms with Crippen LogP contribution in [0.25, 0.3) is 10.9 Å². The van der Waals surface area contributed by atoms with Crippen molar-refractivity contribution in [2.75, 3.05) is 6.54 Å². The Morgan fingerprint density at radius 3 is 3.05 bits per heavy atom. The molecule has 1 aliphatic heterocycles. The molecule has 1 saturated heterocycles. The summed E-state index contributed by atoms with van der Waals surface area (Å²) < 4.78 is 0. The van der Waals surface area contributed by atoms with Gasteiger partial charge < -0.3 is 9.88 Å². The standard InChI is InChI=1S/C16H20N2O/c1-2-5-12-8-16(19)18(10-12)11-13-9-17-15-7-4-3-6-14(13)15/h3-4,6-7,9,12,17H,2,5,8,10-11H2,1H3. The Morgan fingerprint density at radius 1 is 1.37 bits per heavy atom. The summed E-state index contributed by atoms with van der Waals surface area (Å²) >= 11 is 0. The normalized spacial score (nSPS) is 19.5. The number of hydrogen-bond donors (Lipinski definition) is 1. The molecule has 1 aromatic carbocycles. The van der Waals surface area contributed by atoms with Crippen LogP contribution in [-0.2, 0) is 11.3 Å². The molecule has 2 aromatic rings. The summed E-state index contributed by atoms with van der Waals surface area (Å²) in [6.07, 6.45) is 5.09. The van der Waals surface area contributed by atoms with Crippen LogP contribution in [0, 0.1) is 5.92 Å². The summed E-state index contributed by atoms with van der Waals surface area (Å²) in [5, 5.41) is 1.23. The van der Waals surface area contributed by atoms with Gasteiger partial charge in [-0.15, -0.1) is 0 Å². The second-order valence-electron chi connectivity index (χ2n) is 5.49. The number of carbonyl (C=O) groups is 1. The third-order valence-corrected chi connectivity index (χ3v) is 4.03. The van der Waals surface area contributed by atoms with Gasteiger partial charge in [0.15, 0.2) is 0 Å². The Hall–Kier alpha value is -1.77. The predicted molar refractivity (Wildman–Crippen MR) is 76.7 cm³/mol. The van der Waals surface area contributed by atoms with E-state index in [1.165, 1.54) is 17.4 Å². The van der Waals surface area contributed by atoms with Gasteiger partial charge in [-0.2, -0.15) is 0 Å². The number of H-pyrrole nitrogens is 1. The van der Waals surface area contributed by atoms with Crippen molar-refractivity contribution in [3.05, 3.63) is 36.0 Å². The fourth-order valence-corrected chi connectivity index (χ4v) is 3.08. The number of likely N-dealkylation sites (tertiary alicyclic amines) is 1. The van der Waals surface area contributed by atoms with Gasteiger partial charge in [0, 0.05) is 36.6 Å². The maximum absolute atomic E-state index is 12.0. The van der Waals surface area contributed by atoms with E-state index in [4.69, 9.17) is 0 Å². The van der Waals surface area contributed by atoms with Gasteiger partial charge in [0.1, 0.15) is 0 Å². The lowest BCUT2D eigenvalue weighted by molar-refractivity contribution is -0.128. The summed E-state index contributed by atoms with van der Waals surface area (Å²) in [7, 11) is 0. The predicted octanol–water partition coefficient (Wildman–Crippen LogP) is 3.32. The van der Waals surface area contributed by atoms with Crippen LogP contribution < -0.4 is 0 Å². The SMILES string of the molecule is CCCC1CC(=O)N(Cc2c[nH]c3ccccc23)C1. The summed E-state index contributed by atoms with van der Waals surface area (Å²) in [5.74, 6) is 0.867. The summed E-state index contributed by atoms with van der Waals surface area (Å²) in [5.41, 5.74) is 2.37. The van der Waals surface area contributed by atoms with Crippen molar-refractivity contribution in [2.24, 2.45) is 5.92 Å². The molecule has 3 rings (SSSR count). The topological polar surface area (TPSA) is 36.1 Å². The maximum atomic E-state index is 12.0. The first-order valence-corrected chi connectivity index (χ1v) is 7.10. The lowest BCUT2D eigenvalue weighted by atomic mass is 10.0. The lowest BCUT2D eigenvalue weighted by Gasteiger charge is -2.16. The number of para-hydroxylation sites is 1. The minimum atomic E-state index is 0.309. The number of aromatic amines is 1. The van der Waals surface area contributed by atoms with E-state index in [0.29, 0.717) is 11.8 Å². The van der Waals surface area contributed by atoms with Gasteiger partial charge in [-0.3, -0.25) is 4.79 Å². The molecule has 3 heteroatoms. The first-order valence-electron chi connectivity index (χ1n) is 7.10. The Morgan fingerprint density at radius 2 is 2.21 bits per heavy atom. The zero-order valence-electron chi connectivity index (χ0n) is 11.4. The monoisotopic (exact) mass is 256 g/mol. The fraction of sp³-hybridized carbons (Fsp3) is 0.438. The molecule has 3 nitrogen and oxygen atoms in total. The van der Waals surface area contributed by atoms with Gasteiger partial charge in [-0.25, -0.2) is 0 Å². The molecule has 1 aromatic heterocycles. The molecule has 0 saturated carbocycles. The first kappa shape index (κ1) is 12.3. The number of amides is 1. The van der Waals surface area contributed by atoms with E-state index in [-0.39, 0.29) is 0 Å². The number of fused-ring (bicyclic) bond motifs is 1. The summed E-state index contributed by atoms with van der Waals surface area (Å²) in [4.78, 5) is 17.3. The smallest absolute Gasteiger partial charge is 0.223 e. The highest BCUT2D eigenvalue weighted by Gasteiger charge is 2.29. The molecule has 1 aliphatic rings. The number of rotatable bonds is 4. The molecule has 1 N–H and O–H groups in total. The number of hydrogen-bond acceptors (Lipinski definition) is 1. The van der Waals surface area contributed by atoms with Gasteiger partial charge in [0.25, 0.3) is 0 Å². The van der Waals surface area contributed by atoms with Crippen LogP contribution in [0.4, 0.5) is 0 Å². The second-order valence-corrected chi connectivity index (χ2v) is 5.49. The average Bonchev–Trinajstić information content (AvgIpc) is 2.96. The van der Waals surface area contributed by atoms with Crippen molar-refractivity contribution in [1.29, 1.82) is 0 Å². The van der Waals surface area contributed by atoms with Gasteiger partial charge in [-0.05, 0) is 24.0 Å². The molecule has 2 heterocycles. The molecule has 0 spiro atoms. The van der Waals surface area contributed by atoms with Crippen LogP contribution in [-0.4, -0.2) is 22.3 Å². The Balaban J connectivity index is 1.76. The molecule has 1 fully saturated rings. The quantitative estimate of drug-likeness (QED) is 0.895. The highest BCUT2D eigenvalue weighted by molar-refractivity contribution is 5.84. The van der Waals surface area contributed by atoms with Crippen LogP contribution in [0.1, 0.15) is 31.7 Å².